The van der Waals surface area contributed by atoms with Crippen LogP contribution in [0.4, 0.5) is 5.69 Å². The van der Waals surface area contributed by atoms with Crippen molar-refractivity contribution in [3.63, 3.8) is 0 Å². The van der Waals surface area contributed by atoms with Gasteiger partial charge in [0.05, 0.1) is 6.54 Å². The van der Waals surface area contributed by atoms with Crippen LogP contribution in [0.3, 0.4) is 0 Å². The number of piperidine rings is 1. The van der Waals surface area contributed by atoms with Crippen LogP contribution in [-0.2, 0) is 20.9 Å². The van der Waals surface area contributed by atoms with Crippen LogP contribution in [0, 0.1) is 0 Å². The highest BCUT2D eigenvalue weighted by atomic mass is 35.5. The summed E-state index contributed by atoms with van der Waals surface area (Å²) in [5.74, 6) is 0.355. The maximum absolute atomic E-state index is 13.1. The van der Waals surface area contributed by atoms with Crippen LogP contribution < -0.4 is 20.7 Å². The van der Waals surface area contributed by atoms with E-state index in [0.717, 1.165) is 45.5 Å². The summed E-state index contributed by atoms with van der Waals surface area (Å²) >= 11 is 6.27. The molecule has 0 radical (unpaired) electrons. The second kappa shape index (κ2) is 17.7. The third-order valence-corrected chi connectivity index (χ3v) is 9.68. The Balaban J connectivity index is 0.948. The molecule has 4 aromatic rings. The molecule has 0 spiro atoms. The SMILES string of the molecule is O=C(CCCCNc1cccc2c1CN(C1CCC(=O)NC1=O)C2=O)NCCOc1ccc(C(=C(CCCl)c2ccccc2)c2ccc(O)cc2)cc1. The normalized spacial score (nSPS) is 15.8. The lowest BCUT2D eigenvalue weighted by Crippen LogP contribution is -2.52. The van der Waals surface area contributed by atoms with Gasteiger partial charge in [-0.05, 0) is 89.9 Å². The molecule has 1 fully saturated rings. The molecular weight excluding hydrogens is 692 g/mol. The lowest BCUT2D eigenvalue weighted by atomic mass is 9.88. The average Bonchev–Trinajstić information content (AvgIpc) is 3.51. The summed E-state index contributed by atoms with van der Waals surface area (Å²) in [6, 6.07) is 30.0. The molecule has 274 valence electrons. The number of fused-ring (bicyclic) bond motifs is 1. The predicted molar refractivity (Wildman–Crippen MR) is 206 cm³/mol. The van der Waals surface area contributed by atoms with Crippen molar-refractivity contribution in [2.75, 3.05) is 30.9 Å². The Bertz CT molecular complexity index is 1960. The van der Waals surface area contributed by atoms with Gasteiger partial charge in [-0.1, -0.05) is 60.7 Å². The maximum Gasteiger partial charge on any atom is 0.255 e. The monoisotopic (exact) mass is 734 g/mol. The molecule has 4 aromatic carbocycles. The van der Waals surface area contributed by atoms with E-state index in [4.69, 9.17) is 16.3 Å². The molecule has 2 aliphatic rings. The number of carbonyl (C=O) groups excluding carboxylic acids is 4. The van der Waals surface area contributed by atoms with Gasteiger partial charge in [-0.25, -0.2) is 0 Å². The van der Waals surface area contributed by atoms with Crippen LogP contribution in [-0.4, -0.2) is 65.3 Å². The van der Waals surface area contributed by atoms with Crippen molar-refractivity contribution in [2.45, 2.75) is 51.1 Å². The number of ether oxygens (including phenoxy) is 1. The molecule has 4 amide bonds. The first kappa shape index (κ1) is 37.2. The lowest BCUT2D eigenvalue weighted by Gasteiger charge is -2.29. The Morgan fingerprint density at radius 2 is 1.58 bits per heavy atom. The predicted octanol–water partition coefficient (Wildman–Crippen LogP) is 6.52. The molecule has 0 bridgehead atoms. The van der Waals surface area contributed by atoms with Gasteiger partial charge in [0, 0.05) is 48.6 Å². The number of nitrogens with zero attached hydrogens (tertiary/aromatic N) is 1. The molecule has 1 unspecified atom stereocenters. The van der Waals surface area contributed by atoms with Crippen molar-refractivity contribution < 1.29 is 29.0 Å². The van der Waals surface area contributed by atoms with Gasteiger partial charge in [0.25, 0.3) is 5.91 Å². The molecule has 1 atom stereocenters. The van der Waals surface area contributed by atoms with E-state index in [1.807, 2.05) is 66.7 Å². The number of phenols is 1. The number of hydrogen-bond acceptors (Lipinski definition) is 7. The van der Waals surface area contributed by atoms with Crippen molar-refractivity contribution in [3.8, 4) is 11.5 Å². The summed E-state index contributed by atoms with van der Waals surface area (Å²) in [5, 5.41) is 18.6. The minimum Gasteiger partial charge on any atom is -0.508 e. The van der Waals surface area contributed by atoms with Gasteiger partial charge in [0.1, 0.15) is 24.1 Å². The first-order chi connectivity index (χ1) is 25.8. The number of alkyl halides is 1. The molecule has 53 heavy (non-hydrogen) atoms. The number of nitrogens with one attached hydrogen (secondary N) is 3. The topological polar surface area (TPSA) is 137 Å². The van der Waals surface area contributed by atoms with Gasteiger partial charge in [0.15, 0.2) is 0 Å². The zero-order valence-corrected chi connectivity index (χ0v) is 30.2. The van der Waals surface area contributed by atoms with Gasteiger partial charge < -0.3 is 25.4 Å². The number of amides is 4. The van der Waals surface area contributed by atoms with Crippen LogP contribution >= 0.6 is 11.6 Å². The molecule has 10 nitrogen and oxygen atoms in total. The Morgan fingerprint density at radius 1 is 0.849 bits per heavy atom. The Labute approximate surface area is 314 Å². The number of hydrogen-bond donors (Lipinski definition) is 4. The van der Waals surface area contributed by atoms with Gasteiger partial charge in [-0.2, -0.15) is 0 Å². The van der Waals surface area contributed by atoms with E-state index >= 15 is 0 Å². The van der Waals surface area contributed by atoms with Crippen LogP contribution in [0.15, 0.2) is 97.1 Å². The van der Waals surface area contributed by atoms with Crippen molar-refractivity contribution in [3.05, 3.63) is 125 Å². The molecule has 0 aliphatic carbocycles. The summed E-state index contributed by atoms with van der Waals surface area (Å²) in [6.45, 7) is 1.62. The highest BCUT2D eigenvalue weighted by Gasteiger charge is 2.39. The first-order valence-corrected chi connectivity index (χ1v) is 18.5. The summed E-state index contributed by atoms with van der Waals surface area (Å²) in [4.78, 5) is 51.1. The van der Waals surface area contributed by atoms with Gasteiger partial charge >= 0.3 is 0 Å². The molecule has 11 heteroatoms. The van der Waals surface area contributed by atoms with E-state index in [0.29, 0.717) is 69.1 Å². The zero-order valence-electron chi connectivity index (χ0n) is 29.4. The minimum absolute atomic E-state index is 0.0496. The summed E-state index contributed by atoms with van der Waals surface area (Å²) in [7, 11) is 0. The van der Waals surface area contributed by atoms with Crippen molar-refractivity contribution >= 4 is 52.1 Å². The zero-order chi connectivity index (χ0) is 37.2. The van der Waals surface area contributed by atoms with Crippen molar-refractivity contribution in [1.82, 2.24) is 15.5 Å². The number of aromatic hydroxyl groups is 1. The Hall–Kier alpha value is -5.61. The fourth-order valence-corrected chi connectivity index (χ4v) is 7.03. The number of unbranched alkanes of at least 4 members (excludes halogenated alkanes) is 1. The summed E-state index contributed by atoms with van der Waals surface area (Å²) in [6.07, 6.45) is 3.02. The van der Waals surface area contributed by atoms with E-state index in [-0.39, 0.29) is 29.9 Å². The molecule has 0 saturated carbocycles. The second-order valence-electron chi connectivity index (χ2n) is 13.0. The number of rotatable bonds is 16. The third kappa shape index (κ3) is 9.25. The lowest BCUT2D eigenvalue weighted by molar-refractivity contribution is -0.137. The molecular formula is C42H43ClN4O6. The number of halogens is 1. The highest BCUT2D eigenvalue weighted by molar-refractivity contribution is 6.18. The average molecular weight is 735 g/mol. The summed E-state index contributed by atoms with van der Waals surface area (Å²) in [5.41, 5.74) is 7.42. The quantitative estimate of drug-likeness (QED) is 0.0446. The van der Waals surface area contributed by atoms with Crippen LogP contribution in [0.1, 0.15) is 71.1 Å². The molecule has 2 heterocycles. The highest BCUT2D eigenvalue weighted by Crippen LogP contribution is 2.36. The van der Waals surface area contributed by atoms with Crippen LogP contribution in [0.25, 0.3) is 11.1 Å². The largest absolute Gasteiger partial charge is 0.508 e. The molecule has 0 aromatic heterocycles. The first-order valence-electron chi connectivity index (χ1n) is 18.0. The Kier molecular flexibility index (Phi) is 12.4. The molecule has 1 saturated heterocycles. The number of imide groups is 1. The number of benzene rings is 4. The van der Waals surface area contributed by atoms with Gasteiger partial charge in [-0.15, -0.1) is 11.6 Å². The Morgan fingerprint density at radius 3 is 2.30 bits per heavy atom. The van der Waals surface area contributed by atoms with Crippen molar-refractivity contribution in [1.29, 1.82) is 0 Å². The van der Waals surface area contributed by atoms with E-state index in [1.54, 1.807) is 23.1 Å². The second-order valence-corrected chi connectivity index (χ2v) is 13.4. The van der Waals surface area contributed by atoms with Crippen LogP contribution in [0.2, 0.25) is 0 Å². The molecule has 4 N–H and O–H groups in total. The van der Waals surface area contributed by atoms with Crippen molar-refractivity contribution in [2.24, 2.45) is 0 Å². The number of carbonyl (C=O) groups is 4. The van der Waals surface area contributed by atoms with E-state index < -0.39 is 11.9 Å². The van der Waals surface area contributed by atoms with Gasteiger partial charge in [0.2, 0.25) is 17.7 Å². The fraction of sp³-hybridized carbons (Fsp3) is 0.286. The smallest absolute Gasteiger partial charge is 0.255 e. The maximum atomic E-state index is 13.1. The van der Waals surface area contributed by atoms with E-state index in [9.17, 15) is 24.3 Å². The number of allylic oxidation sites excluding steroid dienone is 1. The minimum atomic E-state index is -0.655. The number of phenolic OH excluding ortho intramolecular Hbond substituents is 1. The molecule has 6 rings (SSSR count). The third-order valence-electron chi connectivity index (χ3n) is 9.49. The fourth-order valence-electron chi connectivity index (χ4n) is 6.84. The van der Waals surface area contributed by atoms with E-state index in [2.05, 4.69) is 28.1 Å². The molecule has 2 aliphatic heterocycles. The van der Waals surface area contributed by atoms with Crippen LogP contribution in [0.5, 0.6) is 11.5 Å². The van der Waals surface area contributed by atoms with E-state index in [1.165, 1.54) is 0 Å². The summed E-state index contributed by atoms with van der Waals surface area (Å²) < 4.78 is 5.94. The van der Waals surface area contributed by atoms with Gasteiger partial charge in [-0.3, -0.25) is 24.5 Å². The standard InChI is InChI=1S/C42H43ClN4O6/c43-23-22-33(28-7-2-1-3-8-28)40(29-12-16-31(48)17-13-29)30-14-18-32(19-15-30)53-26-25-45-38(49)11-4-5-24-44-36-10-6-9-34-35(36)27-47(42(34)52)37-20-21-39(50)46-41(37)51/h1-3,6-10,12-19,37,44,48H,4-5,11,20-27H2,(H,45,49)(H,46,50,51). The number of anilines is 1.